The summed E-state index contributed by atoms with van der Waals surface area (Å²) in [5, 5.41) is 9.00. The Balaban J connectivity index is 2.00. The Labute approximate surface area is 153 Å². The molecule has 0 spiro atoms. The first-order chi connectivity index (χ1) is 12.8. The zero-order chi connectivity index (χ0) is 17.7. The van der Waals surface area contributed by atoms with Crippen LogP contribution < -0.4 is 0 Å². The molecule has 4 aromatic carbocycles. The number of rotatable bonds is 2. The number of fused-ring (bicyclic) bond motifs is 7. The molecule has 26 heavy (non-hydrogen) atoms. The smallest absolute Gasteiger partial charge is 0.0790 e. The van der Waals surface area contributed by atoms with E-state index in [0.29, 0.717) is 0 Å². The highest BCUT2D eigenvalue weighted by Crippen LogP contribution is 2.35. The van der Waals surface area contributed by atoms with Gasteiger partial charge < -0.3 is 0 Å². The van der Waals surface area contributed by atoms with Crippen LogP contribution in [-0.2, 0) is 12.8 Å². The second-order valence-electron chi connectivity index (χ2n) is 6.99. The van der Waals surface area contributed by atoms with Crippen molar-refractivity contribution in [1.29, 1.82) is 0 Å². The van der Waals surface area contributed by atoms with E-state index in [1.54, 1.807) is 0 Å². The summed E-state index contributed by atoms with van der Waals surface area (Å²) in [4.78, 5) is 5.14. The van der Waals surface area contributed by atoms with Crippen molar-refractivity contribution in [1.82, 2.24) is 4.98 Å². The summed E-state index contributed by atoms with van der Waals surface area (Å²) in [5.74, 6) is 0. The van der Waals surface area contributed by atoms with Gasteiger partial charge in [0.25, 0.3) is 0 Å². The average molecular weight is 335 g/mol. The van der Waals surface area contributed by atoms with Crippen LogP contribution in [0, 0.1) is 0 Å². The first-order valence-electron chi connectivity index (χ1n) is 9.46. The van der Waals surface area contributed by atoms with Gasteiger partial charge in [-0.25, -0.2) is 0 Å². The summed E-state index contributed by atoms with van der Waals surface area (Å²) in [5.41, 5.74) is 3.70. The molecule has 0 amide bonds. The lowest BCUT2D eigenvalue weighted by Crippen LogP contribution is -1.94. The summed E-state index contributed by atoms with van der Waals surface area (Å²) >= 11 is 0. The van der Waals surface area contributed by atoms with Gasteiger partial charge in [0.05, 0.1) is 5.52 Å². The van der Waals surface area contributed by atoms with Gasteiger partial charge in [0, 0.05) is 21.9 Å². The molecule has 0 saturated carbocycles. The topological polar surface area (TPSA) is 12.9 Å². The Hall–Kier alpha value is -2.93. The number of hydrogen-bond donors (Lipinski definition) is 0. The molecule has 126 valence electrons. The van der Waals surface area contributed by atoms with E-state index in [4.69, 9.17) is 4.98 Å². The van der Waals surface area contributed by atoms with Gasteiger partial charge in [-0.2, -0.15) is 0 Å². The van der Waals surface area contributed by atoms with E-state index in [-0.39, 0.29) is 0 Å². The van der Waals surface area contributed by atoms with Gasteiger partial charge in [0.15, 0.2) is 0 Å². The first-order valence-corrected chi connectivity index (χ1v) is 9.46. The largest absolute Gasteiger partial charge is 0.252 e. The third kappa shape index (κ3) is 2.13. The van der Waals surface area contributed by atoms with Crippen LogP contribution in [-0.4, -0.2) is 4.98 Å². The van der Waals surface area contributed by atoms with Gasteiger partial charge in [-0.15, -0.1) is 0 Å². The number of aryl methyl sites for hydroxylation is 2. The Bertz CT molecular complexity index is 1300. The quantitative estimate of drug-likeness (QED) is 0.323. The maximum absolute atomic E-state index is 5.14. The summed E-state index contributed by atoms with van der Waals surface area (Å²) in [6, 6.07) is 24.4. The van der Waals surface area contributed by atoms with E-state index in [2.05, 4.69) is 80.6 Å². The molecule has 0 radical (unpaired) electrons. The van der Waals surface area contributed by atoms with Crippen LogP contribution in [0.25, 0.3) is 43.2 Å². The van der Waals surface area contributed by atoms with Crippen molar-refractivity contribution in [2.75, 3.05) is 0 Å². The Morgan fingerprint density at radius 1 is 0.654 bits per heavy atom. The molecule has 0 unspecified atom stereocenters. The minimum Gasteiger partial charge on any atom is -0.252 e. The van der Waals surface area contributed by atoms with Crippen molar-refractivity contribution in [3.8, 4) is 0 Å². The van der Waals surface area contributed by atoms with E-state index in [1.807, 2.05) is 0 Å². The molecule has 0 bridgehead atoms. The van der Waals surface area contributed by atoms with E-state index in [9.17, 15) is 0 Å². The van der Waals surface area contributed by atoms with E-state index >= 15 is 0 Å². The second kappa shape index (κ2) is 5.81. The molecule has 0 aliphatic rings. The summed E-state index contributed by atoms with van der Waals surface area (Å²) in [6.07, 6.45) is 2.00. The Morgan fingerprint density at radius 3 is 2.27 bits per heavy atom. The highest BCUT2D eigenvalue weighted by atomic mass is 14.7. The average Bonchev–Trinajstić information content (AvgIpc) is 2.71. The maximum Gasteiger partial charge on any atom is 0.0790 e. The molecule has 5 aromatic rings. The molecule has 0 fully saturated rings. The molecular weight excluding hydrogens is 314 g/mol. The van der Waals surface area contributed by atoms with Crippen molar-refractivity contribution >= 4 is 43.2 Å². The van der Waals surface area contributed by atoms with Crippen LogP contribution in [0.2, 0.25) is 0 Å². The molecule has 5 rings (SSSR count). The fourth-order valence-electron chi connectivity index (χ4n) is 4.17. The predicted molar refractivity (Wildman–Crippen MR) is 113 cm³/mol. The monoisotopic (exact) mass is 335 g/mol. The van der Waals surface area contributed by atoms with Crippen LogP contribution in [0.1, 0.15) is 25.1 Å². The highest BCUT2D eigenvalue weighted by Gasteiger charge is 2.12. The van der Waals surface area contributed by atoms with Crippen molar-refractivity contribution < 1.29 is 0 Å². The number of nitrogens with zero attached hydrogens (tertiary/aromatic N) is 1. The van der Waals surface area contributed by atoms with Crippen LogP contribution in [0.5, 0.6) is 0 Å². The third-order valence-electron chi connectivity index (χ3n) is 5.55. The third-order valence-corrected chi connectivity index (χ3v) is 5.55. The van der Waals surface area contributed by atoms with Gasteiger partial charge in [0.2, 0.25) is 0 Å². The standard InChI is InChI=1S/C25H21N/c1-3-16-9-12-19-18(15-16)11-13-21-22-14-10-17-7-5-6-8-20(17)25(22)26-23(4-2)24(19)21/h5-15H,3-4H2,1-2H3. The summed E-state index contributed by atoms with van der Waals surface area (Å²) in [7, 11) is 0. The molecule has 0 aliphatic carbocycles. The zero-order valence-corrected chi connectivity index (χ0v) is 15.2. The van der Waals surface area contributed by atoms with Crippen molar-refractivity contribution in [2.45, 2.75) is 26.7 Å². The predicted octanol–water partition coefficient (Wildman–Crippen LogP) is 6.82. The van der Waals surface area contributed by atoms with Crippen LogP contribution in [0.4, 0.5) is 0 Å². The van der Waals surface area contributed by atoms with Gasteiger partial charge >= 0.3 is 0 Å². The van der Waals surface area contributed by atoms with Gasteiger partial charge in [-0.1, -0.05) is 80.6 Å². The molecule has 1 heteroatoms. The molecule has 0 N–H and O–H groups in total. The van der Waals surface area contributed by atoms with Gasteiger partial charge in [0.1, 0.15) is 0 Å². The molecule has 0 aliphatic heterocycles. The molecule has 1 aromatic heterocycles. The SMILES string of the molecule is CCc1ccc2c(ccc3c4ccc5ccccc5c4nc(CC)c23)c1. The normalized spacial score (nSPS) is 11.8. The van der Waals surface area contributed by atoms with Gasteiger partial charge in [-0.3, -0.25) is 4.98 Å². The van der Waals surface area contributed by atoms with Crippen LogP contribution >= 0.6 is 0 Å². The minimum atomic E-state index is 0.935. The molecule has 0 atom stereocenters. The molecule has 1 nitrogen and oxygen atoms in total. The molecule has 1 heterocycles. The minimum absolute atomic E-state index is 0.935. The van der Waals surface area contributed by atoms with Crippen molar-refractivity contribution in [3.63, 3.8) is 0 Å². The number of aromatic nitrogens is 1. The Morgan fingerprint density at radius 2 is 1.42 bits per heavy atom. The van der Waals surface area contributed by atoms with Crippen LogP contribution in [0.3, 0.4) is 0 Å². The number of benzene rings is 4. The fourth-order valence-corrected chi connectivity index (χ4v) is 4.17. The summed E-state index contributed by atoms with van der Waals surface area (Å²) < 4.78 is 0. The number of pyridine rings is 1. The maximum atomic E-state index is 5.14. The van der Waals surface area contributed by atoms with E-state index < -0.39 is 0 Å². The van der Waals surface area contributed by atoms with E-state index in [1.165, 1.54) is 49.0 Å². The van der Waals surface area contributed by atoms with E-state index in [0.717, 1.165) is 18.4 Å². The van der Waals surface area contributed by atoms with Crippen molar-refractivity contribution in [2.24, 2.45) is 0 Å². The van der Waals surface area contributed by atoms with Gasteiger partial charge in [-0.05, 0) is 39.9 Å². The molecular formula is C25H21N. The Kier molecular flexibility index (Phi) is 3.43. The lowest BCUT2D eigenvalue weighted by molar-refractivity contribution is 1.08. The zero-order valence-electron chi connectivity index (χ0n) is 15.2. The lowest BCUT2D eigenvalue weighted by Gasteiger charge is -2.13. The number of hydrogen-bond acceptors (Lipinski definition) is 1. The second-order valence-corrected chi connectivity index (χ2v) is 6.99. The van der Waals surface area contributed by atoms with Crippen LogP contribution in [0.15, 0.2) is 66.7 Å². The highest BCUT2D eigenvalue weighted by molar-refractivity contribution is 6.21. The lowest BCUT2D eigenvalue weighted by atomic mass is 9.94. The molecule has 0 saturated heterocycles. The first kappa shape index (κ1) is 15.3. The summed E-state index contributed by atoms with van der Waals surface area (Å²) in [6.45, 7) is 4.41. The fraction of sp³-hybridized carbons (Fsp3) is 0.160. The van der Waals surface area contributed by atoms with Crippen molar-refractivity contribution in [3.05, 3.63) is 78.0 Å².